The maximum absolute atomic E-state index is 13.2. The highest BCUT2D eigenvalue weighted by molar-refractivity contribution is 5.87. The van der Waals surface area contributed by atoms with Crippen molar-refractivity contribution in [1.82, 2.24) is 14.8 Å². The molecule has 1 aliphatic carbocycles. The summed E-state index contributed by atoms with van der Waals surface area (Å²) in [6.45, 7) is 4.61. The normalized spacial score (nSPS) is 17.9. The van der Waals surface area contributed by atoms with E-state index in [4.69, 9.17) is 9.47 Å². The average molecular weight is 391 g/mol. The third-order valence-electron chi connectivity index (χ3n) is 5.03. The van der Waals surface area contributed by atoms with E-state index in [0.717, 1.165) is 17.7 Å². The molecule has 1 aromatic heterocycles. The van der Waals surface area contributed by atoms with Crippen LogP contribution in [0.1, 0.15) is 36.5 Å². The molecule has 6 heteroatoms. The van der Waals surface area contributed by atoms with Gasteiger partial charge in [-0.05, 0) is 48.1 Å². The zero-order valence-electron chi connectivity index (χ0n) is 16.9. The highest BCUT2D eigenvalue weighted by Gasteiger charge is 2.45. The minimum Gasteiger partial charge on any atom is -0.497 e. The smallest absolute Gasteiger partial charge is 0.336 e. The quantitative estimate of drug-likeness (QED) is 0.596. The third-order valence-corrected chi connectivity index (χ3v) is 5.03. The molecule has 1 heterocycles. The van der Waals surface area contributed by atoms with Gasteiger partial charge >= 0.3 is 6.01 Å². The topological polar surface area (TPSA) is 66.2 Å². The lowest BCUT2D eigenvalue weighted by molar-refractivity contribution is 0.0866. The first-order valence-electron chi connectivity index (χ1n) is 9.90. The molecule has 150 valence electrons. The van der Waals surface area contributed by atoms with E-state index in [9.17, 15) is 4.79 Å². The second-order valence-corrected chi connectivity index (χ2v) is 7.76. The number of hydrogen-bond acceptors (Lipinski definition) is 5. The molecule has 2 atom stereocenters. The summed E-state index contributed by atoms with van der Waals surface area (Å²) in [7, 11) is 1.62. The van der Waals surface area contributed by atoms with Gasteiger partial charge in [-0.2, -0.15) is 9.67 Å². The number of nitrogens with zero attached hydrogens (tertiary/aromatic N) is 3. The standard InChI is InChI=1S/C23H25N3O3/c1-15(2)14-29-23-24-21(17-9-11-18(28-3)12-10-17)26(25-23)22(27)20-13-19(20)16-7-5-4-6-8-16/h4-12,15,19-20H,13-14H2,1-3H3. The Morgan fingerprint density at radius 3 is 2.52 bits per heavy atom. The van der Waals surface area contributed by atoms with Crippen molar-refractivity contribution < 1.29 is 14.3 Å². The lowest BCUT2D eigenvalue weighted by Crippen LogP contribution is -2.17. The molecule has 3 aromatic rings. The fourth-order valence-corrected chi connectivity index (χ4v) is 3.37. The number of carbonyl (C=O) groups excluding carboxylic acids is 1. The molecule has 0 N–H and O–H groups in total. The molecule has 1 aliphatic rings. The van der Waals surface area contributed by atoms with E-state index < -0.39 is 0 Å². The molecule has 4 rings (SSSR count). The molecule has 0 saturated heterocycles. The van der Waals surface area contributed by atoms with Crippen molar-refractivity contribution >= 4 is 5.91 Å². The van der Waals surface area contributed by atoms with Crippen LogP contribution in [0.15, 0.2) is 54.6 Å². The molecular weight excluding hydrogens is 366 g/mol. The number of benzene rings is 2. The fraction of sp³-hybridized carbons (Fsp3) is 0.348. The summed E-state index contributed by atoms with van der Waals surface area (Å²) in [5.74, 6) is 1.68. The first kappa shape index (κ1) is 19.2. The summed E-state index contributed by atoms with van der Waals surface area (Å²) in [6.07, 6.45) is 0.826. The predicted molar refractivity (Wildman–Crippen MR) is 110 cm³/mol. The summed E-state index contributed by atoms with van der Waals surface area (Å²) in [4.78, 5) is 17.7. The second kappa shape index (κ2) is 8.07. The maximum Gasteiger partial charge on any atom is 0.336 e. The number of ether oxygens (including phenoxy) is 2. The van der Waals surface area contributed by atoms with Gasteiger partial charge in [-0.3, -0.25) is 4.79 Å². The van der Waals surface area contributed by atoms with Crippen LogP contribution in [0.2, 0.25) is 0 Å². The Morgan fingerprint density at radius 1 is 1.14 bits per heavy atom. The molecule has 0 aliphatic heterocycles. The number of rotatable bonds is 7. The van der Waals surface area contributed by atoms with Gasteiger partial charge in [0, 0.05) is 11.5 Å². The Bertz CT molecular complexity index is 980. The Hall–Kier alpha value is -3.15. The highest BCUT2D eigenvalue weighted by Crippen LogP contribution is 2.48. The molecule has 6 nitrogen and oxygen atoms in total. The monoisotopic (exact) mass is 391 g/mol. The van der Waals surface area contributed by atoms with E-state index in [1.165, 1.54) is 10.2 Å². The molecule has 1 fully saturated rings. The van der Waals surface area contributed by atoms with Gasteiger partial charge in [0.1, 0.15) is 5.75 Å². The summed E-state index contributed by atoms with van der Waals surface area (Å²) in [6, 6.07) is 17.8. The molecule has 29 heavy (non-hydrogen) atoms. The summed E-state index contributed by atoms with van der Waals surface area (Å²) in [5, 5.41) is 4.39. The molecule has 0 bridgehead atoms. The Balaban J connectivity index is 1.62. The van der Waals surface area contributed by atoms with Crippen LogP contribution < -0.4 is 9.47 Å². The molecule has 0 radical (unpaired) electrons. The fourth-order valence-electron chi connectivity index (χ4n) is 3.37. The largest absolute Gasteiger partial charge is 0.497 e. The molecule has 0 spiro atoms. The van der Waals surface area contributed by atoms with E-state index in [-0.39, 0.29) is 23.8 Å². The van der Waals surface area contributed by atoms with Crippen molar-refractivity contribution in [3.8, 4) is 23.1 Å². The van der Waals surface area contributed by atoms with Crippen molar-refractivity contribution in [2.75, 3.05) is 13.7 Å². The highest BCUT2D eigenvalue weighted by atomic mass is 16.5. The number of aromatic nitrogens is 3. The van der Waals surface area contributed by atoms with Crippen LogP contribution >= 0.6 is 0 Å². The van der Waals surface area contributed by atoms with Gasteiger partial charge in [0.2, 0.25) is 0 Å². The lowest BCUT2D eigenvalue weighted by Gasteiger charge is -2.06. The van der Waals surface area contributed by atoms with Gasteiger partial charge in [-0.15, -0.1) is 5.10 Å². The molecular formula is C23H25N3O3. The number of hydrogen-bond donors (Lipinski definition) is 0. The molecule has 1 saturated carbocycles. The first-order valence-corrected chi connectivity index (χ1v) is 9.90. The van der Waals surface area contributed by atoms with Crippen LogP contribution in [0.4, 0.5) is 0 Å². The van der Waals surface area contributed by atoms with Gasteiger partial charge in [-0.1, -0.05) is 44.2 Å². The van der Waals surface area contributed by atoms with Crippen molar-refractivity contribution in [2.45, 2.75) is 26.2 Å². The van der Waals surface area contributed by atoms with E-state index in [1.54, 1.807) is 7.11 Å². The zero-order chi connectivity index (χ0) is 20.4. The number of methoxy groups -OCH3 is 1. The zero-order valence-corrected chi connectivity index (χ0v) is 16.9. The maximum atomic E-state index is 13.2. The van der Waals surface area contributed by atoms with Crippen molar-refractivity contribution in [3.05, 3.63) is 60.2 Å². The third kappa shape index (κ3) is 4.16. The van der Waals surface area contributed by atoms with Crippen molar-refractivity contribution in [3.63, 3.8) is 0 Å². The van der Waals surface area contributed by atoms with E-state index >= 15 is 0 Å². The number of carbonyl (C=O) groups is 1. The summed E-state index contributed by atoms with van der Waals surface area (Å²) < 4.78 is 12.3. The molecule has 2 aromatic carbocycles. The van der Waals surface area contributed by atoms with Crippen LogP contribution in [0, 0.1) is 11.8 Å². The van der Waals surface area contributed by atoms with E-state index in [0.29, 0.717) is 18.3 Å². The second-order valence-electron chi connectivity index (χ2n) is 7.76. The lowest BCUT2D eigenvalue weighted by atomic mass is 10.1. The molecule has 0 amide bonds. The van der Waals surface area contributed by atoms with Gasteiger partial charge in [0.25, 0.3) is 5.91 Å². The Morgan fingerprint density at radius 2 is 1.86 bits per heavy atom. The van der Waals surface area contributed by atoms with E-state index in [1.807, 2.05) is 42.5 Å². The van der Waals surface area contributed by atoms with Crippen molar-refractivity contribution in [1.29, 1.82) is 0 Å². The van der Waals surface area contributed by atoms with Gasteiger partial charge in [0.05, 0.1) is 13.7 Å². The minimum atomic E-state index is -0.0888. The summed E-state index contributed by atoms with van der Waals surface area (Å²) in [5.41, 5.74) is 1.98. The SMILES string of the molecule is COc1ccc(-c2nc(OCC(C)C)nn2C(=O)C2CC2c2ccccc2)cc1. The van der Waals surface area contributed by atoms with Crippen LogP contribution in [0.25, 0.3) is 11.4 Å². The average Bonchev–Trinajstić information content (AvgIpc) is 3.44. The van der Waals surface area contributed by atoms with Crippen molar-refractivity contribution in [2.24, 2.45) is 11.8 Å². The van der Waals surface area contributed by atoms with Gasteiger partial charge < -0.3 is 9.47 Å². The molecule has 2 unspecified atom stereocenters. The summed E-state index contributed by atoms with van der Waals surface area (Å²) >= 11 is 0. The van der Waals surface area contributed by atoms with E-state index in [2.05, 4.69) is 36.1 Å². The predicted octanol–water partition coefficient (Wildman–Crippen LogP) is 4.43. The minimum absolute atomic E-state index is 0.0448. The van der Waals surface area contributed by atoms with Crippen LogP contribution in [-0.2, 0) is 0 Å². The Kier molecular flexibility index (Phi) is 5.34. The Labute approximate surface area is 170 Å². The van der Waals surface area contributed by atoms with Crippen LogP contribution in [0.3, 0.4) is 0 Å². The van der Waals surface area contributed by atoms with Gasteiger partial charge in [-0.25, -0.2) is 0 Å². The van der Waals surface area contributed by atoms with Crippen LogP contribution in [-0.4, -0.2) is 34.4 Å². The first-order chi connectivity index (χ1) is 14.1. The van der Waals surface area contributed by atoms with Gasteiger partial charge in [0.15, 0.2) is 5.82 Å². The van der Waals surface area contributed by atoms with Crippen LogP contribution in [0.5, 0.6) is 11.8 Å².